The molecule has 0 heterocycles. The molecule has 0 N–H and O–H groups in total. The predicted molar refractivity (Wildman–Crippen MR) is 113 cm³/mol. The van der Waals surface area contributed by atoms with Crippen LogP contribution in [0.5, 0.6) is 0 Å². The molecule has 0 atom stereocenters. The largest absolute Gasteiger partial charge is 0.159 e. The molecule has 0 amide bonds. The summed E-state index contributed by atoms with van der Waals surface area (Å²) >= 11 is 19.1. The summed E-state index contributed by atoms with van der Waals surface area (Å²) in [5.41, 5.74) is 1.82. The summed E-state index contributed by atoms with van der Waals surface area (Å²) in [6.45, 7) is 0. The number of allylic oxidation sites excluding steroid dienone is 2. The van der Waals surface area contributed by atoms with E-state index >= 15 is 0 Å². The predicted octanol–water partition coefficient (Wildman–Crippen LogP) is 7.13. The highest BCUT2D eigenvalue weighted by Crippen LogP contribution is 2.21. The smallest absolute Gasteiger partial charge is 0.0510 e. The van der Waals surface area contributed by atoms with E-state index in [2.05, 4.69) is 42.1 Å². The van der Waals surface area contributed by atoms with E-state index in [1.54, 1.807) is 12.2 Å². The Morgan fingerprint density at radius 1 is 0.667 bits per heavy atom. The lowest BCUT2D eigenvalue weighted by atomic mass is 10.2. The van der Waals surface area contributed by atoms with Crippen molar-refractivity contribution in [3.63, 3.8) is 0 Å². The van der Waals surface area contributed by atoms with Crippen molar-refractivity contribution in [1.29, 1.82) is 0 Å². The first-order valence-corrected chi connectivity index (χ1v) is 9.20. The van der Waals surface area contributed by atoms with E-state index in [0.717, 1.165) is 20.1 Å². The summed E-state index contributed by atoms with van der Waals surface area (Å²) in [6, 6.07) is 15.4. The lowest BCUT2D eigenvalue weighted by molar-refractivity contribution is 1.27. The number of benzene rings is 2. The fourth-order valence-electron chi connectivity index (χ4n) is 1.69. The third-order valence-corrected chi connectivity index (χ3v) is 4.63. The summed E-state index contributed by atoms with van der Waals surface area (Å²) in [5, 5.41) is 8.97. The minimum Gasteiger partial charge on any atom is -0.159 e. The maximum absolute atomic E-state index is 6.18. The number of hydrogen-bond donors (Lipinski definition) is 0. The Labute approximate surface area is 167 Å². The quantitative estimate of drug-likeness (QED) is 0.317. The zero-order valence-corrected chi connectivity index (χ0v) is 17.0. The van der Waals surface area contributed by atoms with Crippen LogP contribution in [0, 0.1) is 0 Å². The maximum Gasteiger partial charge on any atom is 0.0510 e. The van der Waals surface area contributed by atoms with Crippen molar-refractivity contribution >= 4 is 77.6 Å². The Morgan fingerprint density at radius 2 is 1.00 bits per heavy atom. The first kappa shape index (κ1) is 19.1. The number of halogens is 4. The van der Waals surface area contributed by atoms with Gasteiger partial charge in [0.25, 0.3) is 0 Å². The second kappa shape index (κ2) is 9.94. The van der Waals surface area contributed by atoms with Gasteiger partial charge in [0.05, 0.1) is 12.4 Å². The van der Waals surface area contributed by atoms with E-state index in [1.807, 2.05) is 48.5 Å². The van der Waals surface area contributed by atoms with Gasteiger partial charge < -0.3 is 0 Å². The van der Waals surface area contributed by atoms with Crippen LogP contribution in [0.1, 0.15) is 11.1 Å². The highest BCUT2D eigenvalue weighted by atomic mass is 79.9. The molecular weight excluding hydrogens is 475 g/mol. The molecule has 2 nitrogen and oxygen atoms in total. The third-order valence-electron chi connectivity index (χ3n) is 2.88. The first-order valence-electron chi connectivity index (χ1n) is 6.86. The lowest BCUT2D eigenvalue weighted by Crippen LogP contribution is -1.78. The summed E-state index contributed by atoms with van der Waals surface area (Å²) in [5.74, 6) is 0. The van der Waals surface area contributed by atoms with Crippen molar-refractivity contribution in [3.05, 3.63) is 80.8 Å². The average Bonchev–Trinajstić information content (AvgIpc) is 2.58. The minimum absolute atomic E-state index is 0.588. The van der Waals surface area contributed by atoms with Gasteiger partial charge in [-0.2, -0.15) is 10.2 Å². The monoisotopic (exact) mass is 484 g/mol. The zero-order valence-electron chi connectivity index (χ0n) is 12.3. The molecule has 0 aliphatic rings. The first-order chi connectivity index (χ1) is 11.6. The van der Waals surface area contributed by atoms with Gasteiger partial charge in [-0.25, -0.2) is 0 Å². The molecule has 122 valence electrons. The number of rotatable bonds is 5. The third kappa shape index (κ3) is 6.36. The molecule has 0 aliphatic carbocycles. The van der Waals surface area contributed by atoms with Gasteiger partial charge in [0, 0.05) is 19.0 Å². The van der Waals surface area contributed by atoms with E-state index in [4.69, 9.17) is 23.2 Å². The summed E-state index contributed by atoms with van der Waals surface area (Å²) in [6.07, 6.45) is 6.43. The van der Waals surface area contributed by atoms with Crippen LogP contribution in [0.25, 0.3) is 10.1 Å². The molecule has 2 rings (SSSR count). The van der Waals surface area contributed by atoms with E-state index < -0.39 is 0 Å². The molecule has 0 aliphatic heterocycles. The second-order valence-corrected chi connectivity index (χ2v) is 7.22. The molecule has 0 saturated heterocycles. The van der Waals surface area contributed by atoms with Crippen LogP contribution in [0.4, 0.5) is 0 Å². The van der Waals surface area contributed by atoms with Gasteiger partial charge in [0.1, 0.15) is 0 Å². The van der Waals surface area contributed by atoms with E-state index in [-0.39, 0.29) is 0 Å². The van der Waals surface area contributed by atoms with Crippen molar-refractivity contribution in [2.45, 2.75) is 0 Å². The topological polar surface area (TPSA) is 24.7 Å². The Morgan fingerprint density at radius 3 is 1.33 bits per heavy atom. The standard InChI is InChI=1S/C18H12Br2Cl2N2/c19-15-5-1-13(2-6-15)17(21)9-11-23-24-12-10-18(22)14-3-7-16(20)8-4-14/h1-12H/b17-9-,18-10-,23-11+,24-12+. The Kier molecular flexibility index (Phi) is 7.92. The van der Waals surface area contributed by atoms with E-state index in [9.17, 15) is 0 Å². The van der Waals surface area contributed by atoms with Gasteiger partial charge in [-0.05, 0) is 47.5 Å². The zero-order chi connectivity index (χ0) is 17.4. The average molecular weight is 487 g/mol. The van der Waals surface area contributed by atoms with Gasteiger partial charge in [-0.15, -0.1) is 0 Å². The van der Waals surface area contributed by atoms with Crippen LogP contribution in [-0.4, -0.2) is 12.4 Å². The Balaban J connectivity index is 1.94. The maximum atomic E-state index is 6.18. The van der Waals surface area contributed by atoms with Crippen LogP contribution in [0.15, 0.2) is 79.8 Å². The molecule has 24 heavy (non-hydrogen) atoms. The second-order valence-electron chi connectivity index (χ2n) is 4.57. The molecule has 6 heteroatoms. The highest BCUT2D eigenvalue weighted by Gasteiger charge is 1.97. The molecule has 0 fully saturated rings. The number of nitrogens with zero attached hydrogens (tertiary/aromatic N) is 2. The van der Waals surface area contributed by atoms with Gasteiger partial charge in [-0.1, -0.05) is 79.3 Å². The van der Waals surface area contributed by atoms with Crippen LogP contribution in [0.3, 0.4) is 0 Å². The van der Waals surface area contributed by atoms with Crippen LogP contribution >= 0.6 is 55.1 Å². The molecule has 0 radical (unpaired) electrons. The Hall–Kier alpha value is -1.20. The molecule has 2 aromatic carbocycles. The van der Waals surface area contributed by atoms with Crippen LogP contribution < -0.4 is 0 Å². The van der Waals surface area contributed by atoms with Crippen LogP contribution in [-0.2, 0) is 0 Å². The molecular formula is C18H12Br2Cl2N2. The van der Waals surface area contributed by atoms with E-state index in [0.29, 0.717) is 10.1 Å². The highest BCUT2D eigenvalue weighted by molar-refractivity contribution is 9.10. The van der Waals surface area contributed by atoms with Crippen molar-refractivity contribution in [1.82, 2.24) is 0 Å². The summed E-state index contributed by atoms with van der Waals surface area (Å²) in [4.78, 5) is 0. The van der Waals surface area contributed by atoms with Crippen molar-refractivity contribution in [3.8, 4) is 0 Å². The van der Waals surface area contributed by atoms with Crippen molar-refractivity contribution < 1.29 is 0 Å². The molecule has 0 bridgehead atoms. The molecule has 0 spiro atoms. The van der Waals surface area contributed by atoms with Crippen LogP contribution in [0.2, 0.25) is 0 Å². The fourth-order valence-corrected chi connectivity index (χ4v) is 2.58. The number of hydrogen-bond acceptors (Lipinski definition) is 2. The molecule has 0 unspecified atom stereocenters. The van der Waals surface area contributed by atoms with Gasteiger partial charge in [0.2, 0.25) is 0 Å². The normalized spacial score (nSPS) is 13.2. The van der Waals surface area contributed by atoms with Gasteiger partial charge in [-0.3, -0.25) is 0 Å². The SMILES string of the molecule is Cl\C(=C/C=N/N=C/C=C(\Cl)c1ccc(Br)cc1)c1ccc(Br)cc1. The molecule has 2 aromatic rings. The van der Waals surface area contributed by atoms with Gasteiger partial charge >= 0.3 is 0 Å². The van der Waals surface area contributed by atoms with E-state index in [1.165, 1.54) is 12.4 Å². The van der Waals surface area contributed by atoms with Crippen molar-refractivity contribution in [2.24, 2.45) is 10.2 Å². The summed E-state index contributed by atoms with van der Waals surface area (Å²) < 4.78 is 2.01. The molecule has 0 aromatic heterocycles. The Bertz CT molecular complexity index is 723. The molecule has 0 saturated carbocycles. The van der Waals surface area contributed by atoms with Gasteiger partial charge in [0.15, 0.2) is 0 Å². The van der Waals surface area contributed by atoms with Crippen molar-refractivity contribution in [2.75, 3.05) is 0 Å². The summed E-state index contributed by atoms with van der Waals surface area (Å²) in [7, 11) is 0. The lowest BCUT2D eigenvalue weighted by Gasteiger charge is -1.97. The minimum atomic E-state index is 0.588. The fraction of sp³-hybridized carbons (Fsp3) is 0.